The first-order valence-electron chi connectivity index (χ1n) is 9.38. The van der Waals surface area contributed by atoms with Crippen LogP contribution in [0.3, 0.4) is 0 Å². The second kappa shape index (κ2) is 9.47. The molecule has 1 amide bonds. The van der Waals surface area contributed by atoms with Crippen LogP contribution in [0.5, 0.6) is 0 Å². The van der Waals surface area contributed by atoms with E-state index in [0.29, 0.717) is 16.1 Å². The van der Waals surface area contributed by atoms with Gasteiger partial charge in [-0.15, -0.1) is 11.3 Å². The molecule has 0 saturated carbocycles. The Labute approximate surface area is 173 Å². The summed E-state index contributed by atoms with van der Waals surface area (Å²) in [7, 11) is 0. The maximum absolute atomic E-state index is 13.1. The molecule has 0 aliphatic heterocycles. The van der Waals surface area contributed by atoms with Crippen molar-refractivity contribution in [3.05, 3.63) is 88.0 Å². The van der Waals surface area contributed by atoms with Gasteiger partial charge in [0.05, 0.1) is 18.6 Å². The number of ether oxygens (including phenoxy) is 1. The Morgan fingerprint density at radius 3 is 2.45 bits per heavy atom. The summed E-state index contributed by atoms with van der Waals surface area (Å²) in [6.07, 6.45) is 0.0873. The van der Waals surface area contributed by atoms with Crippen LogP contribution in [-0.4, -0.2) is 18.5 Å². The van der Waals surface area contributed by atoms with Gasteiger partial charge >= 0.3 is 5.97 Å². The predicted molar refractivity (Wildman–Crippen MR) is 113 cm³/mol. The average molecular weight is 411 g/mol. The molecule has 0 fully saturated rings. The number of thiophene rings is 1. The molecule has 4 nitrogen and oxygen atoms in total. The van der Waals surface area contributed by atoms with E-state index in [-0.39, 0.29) is 30.7 Å². The molecule has 0 radical (unpaired) electrons. The number of carbonyl (C=O) groups excluding carboxylic acids is 2. The van der Waals surface area contributed by atoms with E-state index in [9.17, 15) is 14.0 Å². The standard InChI is InChI=1S/C23H22FNO3S/c1-3-28-23(27)19-14-20(15(2)17-7-5-4-6-8-17)29-22(19)25-21(26)13-16-9-11-18(24)12-10-16/h4-12,14-15H,3,13H2,1-2H3,(H,25,26)/t15-/m0/s1. The Hall–Kier alpha value is -2.99. The van der Waals surface area contributed by atoms with E-state index in [2.05, 4.69) is 12.2 Å². The van der Waals surface area contributed by atoms with Gasteiger partial charge in [-0.3, -0.25) is 4.79 Å². The first kappa shape index (κ1) is 20.7. The lowest BCUT2D eigenvalue weighted by molar-refractivity contribution is -0.115. The van der Waals surface area contributed by atoms with Crippen LogP contribution >= 0.6 is 11.3 Å². The molecule has 2 aromatic carbocycles. The van der Waals surface area contributed by atoms with Gasteiger partial charge in [0.2, 0.25) is 5.91 Å². The Kier molecular flexibility index (Phi) is 6.77. The minimum Gasteiger partial charge on any atom is -0.462 e. The van der Waals surface area contributed by atoms with Crippen molar-refractivity contribution in [1.82, 2.24) is 0 Å². The van der Waals surface area contributed by atoms with Gasteiger partial charge in [0.15, 0.2) is 0 Å². The van der Waals surface area contributed by atoms with Crippen molar-refractivity contribution >= 4 is 28.2 Å². The first-order chi connectivity index (χ1) is 14.0. The van der Waals surface area contributed by atoms with Gasteiger partial charge in [0.1, 0.15) is 10.8 Å². The number of nitrogens with one attached hydrogen (secondary N) is 1. The molecule has 6 heteroatoms. The molecule has 3 rings (SSSR count). The van der Waals surface area contributed by atoms with Crippen molar-refractivity contribution in [3.8, 4) is 0 Å². The van der Waals surface area contributed by atoms with Crippen LogP contribution in [0.15, 0.2) is 60.7 Å². The average Bonchev–Trinajstić information content (AvgIpc) is 3.13. The van der Waals surface area contributed by atoms with Crippen LogP contribution in [0.1, 0.15) is 46.1 Å². The number of hydrogen-bond donors (Lipinski definition) is 1. The molecule has 0 aliphatic carbocycles. The normalized spacial score (nSPS) is 11.7. The Bertz CT molecular complexity index is 983. The summed E-state index contributed by atoms with van der Waals surface area (Å²) in [5, 5.41) is 3.29. The number of carbonyl (C=O) groups is 2. The van der Waals surface area contributed by atoms with Crippen LogP contribution < -0.4 is 5.32 Å². The van der Waals surface area contributed by atoms with Crippen molar-refractivity contribution in [1.29, 1.82) is 0 Å². The maximum atomic E-state index is 13.1. The maximum Gasteiger partial charge on any atom is 0.341 e. The molecular weight excluding hydrogens is 389 g/mol. The molecular formula is C23H22FNO3S. The molecule has 0 saturated heterocycles. The van der Waals surface area contributed by atoms with E-state index in [4.69, 9.17) is 4.74 Å². The van der Waals surface area contributed by atoms with Crippen LogP contribution in [0, 0.1) is 5.82 Å². The summed E-state index contributed by atoms with van der Waals surface area (Å²) in [6.45, 7) is 4.05. The third kappa shape index (κ3) is 5.29. The van der Waals surface area contributed by atoms with Gasteiger partial charge in [-0.05, 0) is 36.2 Å². The Balaban J connectivity index is 1.83. The van der Waals surface area contributed by atoms with Crippen LogP contribution in [-0.2, 0) is 16.0 Å². The fourth-order valence-corrected chi connectivity index (χ4v) is 4.08. The van der Waals surface area contributed by atoms with Crippen molar-refractivity contribution in [2.75, 3.05) is 11.9 Å². The Morgan fingerprint density at radius 2 is 1.79 bits per heavy atom. The van der Waals surface area contributed by atoms with E-state index in [0.717, 1.165) is 10.4 Å². The zero-order chi connectivity index (χ0) is 20.8. The lowest BCUT2D eigenvalue weighted by Crippen LogP contribution is -2.16. The molecule has 29 heavy (non-hydrogen) atoms. The highest BCUT2D eigenvalue weighted by atomic mass is 32.1. The molecule has 0 aliphatic rings. The minimum absolute atomic E-state index is 0.0668. The zero-order valence-corrected chi connectivity index (χ0v) is 17.1. The smallest absolute Gasteiger partial charge is 0.341 e. The molecule has 0 bridgehead atoms. The quantitative estimate of drug-likeness (QED) is 0.530. The predicted octanol–water partition coefficient (Wildman–Crippen LogP) is 5.40. The number of halogens is 1. The van der Waals surface area contributed by atoms with Gasteiger partial charge in [0, 0.05) is 10.8 Å². The van der Waals surface area contributed by atoms with Gasteiger partial charge in [-0.1, -0.05) is 49.4 Å². The highest BCUT2D eigenvalue weighted by molar-refractivity contribution is 7.16. The number of hydrogen-bond acceptors (Lipinski definition) is 4. The fourth-order valence-electron chi connectivity index (χ4n) is 2.94. The molecule has 150 valence electrons. The molecule has 1 aromatic heterocycles. The zero-order valence-electron chi connectivity index (χ0n) is 16.3. The second-order valence-electron chi connectivity index (χ2n) is 6.60. The van der Waals surface area contributed by atoms with Crippen molar-refractivity contribution in [2.45, 2.75) is 26.2 Å². The summed E-state index contributed by atoms with van der Waals surface area (Å²) in [5.41, 5.74) is 2.16. The number of benzene rings is 2. The molecule has 1 heterocycles. The van der Waals surface area contributed by atoms with Gasteiger partial charge in [-0.25, -0.2) is 9.18 Å². The number of amides is 1. The molecule has 1 atom stereocenters. The largest absolute Gasteiger partial charge is 0.462 e. The van der Waals surface area contributed by atoms with Crippen molar-refractivity contribution in [3.63, 3.8) is 0 Å². The lowest BCUT2D eigenvalue weighted by Gasteiger charge is -2.09. The van der Waals surface area contributed by atoms with Crippen molar-refractivity contribution in [2.24, 2.45) is 0 Å². The highest BCUT2D eigenvalue weighted by Gasteiger charge is 2.22. The summed E-state index contributed by atoms with van der Waals surface area (Å²) in [4.78, 5) is 25.9. The molecule has 1 N–H and O–H groups in total. The highest BCUT2D eigenvalue weighted by Crippen LogP contribution is 2.36. The lowest BCUT2D eigenvalue weighted by atomic mass is 9.99. The van der Waals surface area contributed by atoms with Crippen LogP contribution in [0.25, 0.3) is 0 Å². The van der Waals surface area contributed by atoms with Crippen LogP contribution in [0.4, 0.5) is 9.39 Å². The number of anilines is 1. The summed E-state index contributed by atoms with van der Waals surface area (Å²) in [6, 6.07) is 17.5. The van der Waals surface area contributed by atoms with E-state index in [1.54, 1.807) is 25.1 Å². The number of rotatable bonds is 7. The molecule has 0 spiro atoms. The first-order valence-corrected chi connectivity index (χ1v) is 10.2. The van der Waals surface area contributed by atoms with Crippen LogP contribution in [0.2, 0.25) is 0 Å². The molecule has 0 unspecified atom stereocenters. The van der Waals surface area contributed by atoms with E-state index in [1.807, 2.05) is 30.3 Å². The van der Waals surface area contributed by atoms with E-state index in [1.165, 1.54) is 23.5 Å². The fraction of sp³-hybridized carbons (Fsp3) is 0.217. The van der Waals surface area contributed by atoms with Crippen molar-refractivity contribution < 1.29 is 18.7 Å². The third-order valence-electron chi connectivity index (χ3n) is 4.50. The van der Waals surface area contributed by atoms with E-state index < -0.39 is 5.97 Å². The Morgan fingerprint density at radius 1 is 1.10 bits per heavy atom. The second-order valence-corrected chi connectivity index (χ2v) is 7.68. The van der Waals surface area contributed by atoms with Gasteiger partial charge in [0.25, 0.3) is 0 Å². The minimum atomic E-state index is -0.465. The molecule has 3 aromatic rings. The van der Waals surface area contributed by atoms with Gasteiger partial charge < -0.3 is 10.1 Å². The summed E-state index contributed by atoms with van der Waals surface area (Å²) >= 11 is 1.37. The monoisotopic (exact) mass is 411 g/mol. The SMILES string of the molecule is CCOC(=O)c1cc([C@@H](C)c2ccccc2)sc1NC(=O)Cc1ccc(F)cc1. The summed E-state index contributed by atoms with van der Waals surface area (Å²) < 4.78 is 18.2. The van der Waals surface area contributed by atoms with E-state index >= 15 is 0 Å². The van der Waals surface area contributed by atoms with Gasteiger partial charge in [-0.2, -0.15) is 0 Å². The summed E-state index contributed by atoms with van der Waals surface area (Å²) in [5.74, 6) is -1.02. The topological polar surface area (TPSA) is 55.4 Å². The number of esters is 1. The third-order valence-corrected chi connectivity index (χ3v) is 5.74.